The van der Waals surface area contributed by atoms with Gasteiger partial charge in [0, 0.05) is 15.3 Å². The molecule has 7 heteroatoms. The van der Waals surface area contributed by atoms with E-state index in [2.05, 4.69) is 10.3 Å². The first-order valence-electron chi connectivity index (χ1n) is 7.76. The van der Waals surface area contributed by atoms with Gasteiger partial charge in [-0.3, -0.25) is 4.79 Å². The first kappa shape index (κ1) is 17.3. The number of nitrogens with zero attached hydrogens (tertiary/aromatic N) is 1. The summed E-state index contributed by atoms with van der Waals surface area (Å²) in [5.74, 6) is -0.254. The van der Waals surface area contributed by atoms with Gasteiger partial charge in [-0.1, -0.05) is 47.2 Å². The van der Waals surface area contributed by atoms with Crippen molar-refractivity contribution in [2.24, 2.45) is 0 Å². The minimum atomic E-state index is -0.317. The van der Waals surface area contributed by atoms with Crippen molar-refractivity contribution >= 4 is 66.7 Å². The third-order valence-electron chi connectivity index (χ3n) is 3.77. The number of amides is 1. The van der Waals surface area contributed by atoms with E-state index in [1.54, 1.807) is 6.07 Å². The molecule has 1 heterocycles. The number of benzene rings is 3. The summed E-state index contributed by atoms with van der Waals surface area (Å²) in [5.41, 5.74) is 0.667. The van der Waals surface area contributed by atoms with Crippen molar-refractivity contribution in [2.75, 3.05) is 11.1 Å². The lowest BCUT2D eigenvalue weighted by Crippen LogP contribution is -2.13. The summed E-state index contributed by atoms with van der Waals surface area (Å²) < 4.78 is 14.0. The fourth-order valence-electron chi connectivity index (χ4n) is 2.63. The van der Waals surface area contributed by atoms with Crippen LogP contribution in [0.25, 0.3) is 21.0 Å². The molecule has 0 atom stereocenters. The second-order valence-electron chi connectivity index (χ2n) is 5.56. The monoisotopic (exact) mass is 402 g/mol. The van der Waals surface area contributed by atoms with Gasteiger partial charge in [-0.25, -0.2) is 9.37 Å². The molecule has 1 N–H and O–H groups in total. The van der Waals surface area contributed by atoms with Crippen molar-refractivity contribution in [3.05, 3.63) is 65.4 Å². The molecule has 0 bridgehead atoms. The van der Waals surface area contributed by atoms with Gasteiger partial charge in [0.1, 0.15) is 5.82 Å². The summed E-state index contributed by atoms with van der Waals surface area (Å²) in [4.78, 5) is 17.5. The normalized spacial score (nSPS) is 11.2. The molecule has 130 valence electrons. The van der Waals surface area contributed by atoms with Crippen molar-refractivity contribution in [3.63, 3.8) is 0 Å². The van der Waals surface area contributed by atoms with Gasteiger partial charge in [0.25, 0.3) is 0 Å². The third kappa shape index (κ3) is 3.53. The van der Waals surface area contributed by atoms with Gasteiger partial charge in [0.05, 0.1) is 16.0 Å². The van der Waals surface area contributed by atoms with Gasteiger partial charge >= 0.3 is 0 Å². The van der Waals surface area contributed by atoms with E-state index in [0.29, 0.717) is 20.4 Å². The number of nitrogens with one attached hydrogen (secondary N) is 1. The van der Waals surface area contributed by atoms with E-state index in [1.165, 1.54) is 35.2 Å². The quantitative estimate of drug-likeness (QED) is 0.427. The van der Waals surface area contributed by atoms with Gasteiger partial charge in [0.2, 0.25) is 5.91 Å². The zero-order valence-electron chi connectivity index (χ0n) is 13.3. The number of aromatic nitrogens is 1. The van der Waals surface area contributed by atoms with E-state index in [1.807, 2.05) is 36.4 Å². The van der Waals surface area contributed by atoms with E-state index in [9.17, 15) is 9.18 Å². The Labute approximate surface area is 162 Å². The van der Waals surface area contributed by atoms with Crippen LogP contribution < -0.4 is 5.32 Å². The van der Waals surface area contributed by atoms with Crippen LogP contribution in [0.5, 0.6) is 0 Å². The van der Waals surface area contributed by atoms with Gasteiger partial charge < -0.3 is 5.32 Å². The Morgan fingerprint density at radius 1 is 1.19 bits per heavy atom. The number of thiazole rings is 1. The topological polar surface area (TPSA) is 42.0 Å². The van der Waals surface area contributed by atoms with Crippen LogP contribution in [-0.2, 0) is 4.79 Å². The maximum absolute atomic E-state index is 13.3. The molecule has 0 aliphatic carbocycles. The molecule has 26 heavy (non-hydrogen) atoms. The number of hydrogen-bond donors (Lipinski definition) is 1. The summed E-state index contributed by atoms with van der Waals surface area (Å²) in [6, 6.07) is 16.0. The van der Waals surface area contributed by atoms with Gasteiger partial charge in [-0.2, -0.15) is 0 Å². The zero-order valence-corrected chi connectivity index (χ0v) is 15.7. The number of hydrogen-bond acceptors (Lipinski definition) is 4. The molecular formula is C19H12ClFN2OS2. The first-order chi connectivity index (χ1) is 12.6. The van der Waals surface area contributed by atoms with Crippen LogP contribution in [0.3, 0.4) is 0 Å². The summed E-state index contributed by atoms with van der Waals surface area (Å²) in [5, 5.41) is 5.89. The van der Waals surface area contributed by atoms with Crippen molar-refractivity contribution in [3.8, 4) is 0 Å². The Morgan fingerprint density at radius 3 is 2.85 bits per heavy atom. The molecule has 0 saturated carbocycles. The molecule has 3 aromatic carbocycles. The molecule has 0 saturated heterocycles. The maximum atomic E-state index is 13.3. The number of halogens is 2. The van der Waals surface area contributed by atoms with Crippen LogP contribution in [0.2, 0.25) is 5.02 Å². The van der Waals surface area contributed by atoms with E-state index < -0.39 is 0 Å². The smallest absolute Gasteiger partial charge is 0.236 e. The largest absolute Gasteiger partial charge is 0.301 e. The van der Waals surface area contributed by atoms with E-state index in [-0.39, 0.29) is 17.5 Å². The van der Waals surface area contributed by atoms with Crippen molar-refractivity contribution in [1.29, 1.82) is 0 Å². The van der Waals surface area contributed by atoms with Crippen molar-refractivity contribution in [2.45, 2.75) is 4.90 Å². The highest BCUT2D eigenvalue weighted by atomic mass is 35.5. The maximum Gasteiger partial charge on any atom is 0.236 e. The van der Waals surface area contributed by atoms with Crippen LogP contribution in [-0.4, -0.2) is 16.6 Å². The lowest BCUT2D eigenvalue weighted by Gasteiger charge is -2.07. The lowest BCUT2D eigenvalue weighted by molar-refractivity contribution is -0.113. The predicted octanol–water partition coefficient (Wildman–Crippen LogP) is 5.97. The molecule has 0 spiro atoms. The minimum absolute atomic E-state index is 0.168. The summed E-state index contributed by atoms with van der Waals surface area (Å²) >= 11 is 8.99. The number of thioether (sulfide) groups is 1. The second kappa shape index (κ2) is 7.23. The molecule has 0 fully saturated rings. The molecule has 4 rings (SSSR count). The molecule has 0 aliphatic heterocycles. The average Bonchev–Trinajstić information content (AvgIpc) is 3.01. The van der Waals surface area contributed by atoms with Crippen LogP contribution in [0, 0.1) is 5.82 Å². The van der Waals surface area contributed by atoms with Crippen LogP contribution in [0.4, 0.5) is 9.52 Å². The standard InChI is InChI=1S/C19H12ClFN2OS2/c20-13-5-1-3-11-4-2-6-15(18(11)13)25-10-17(24)23-19-22-14-8-7-12(21)9-16(14)26-19/h1-9H,10H2,(H,22,23,24). The van der Waals surface area contributed by atoms with Crippen LogP contribution in [0.1, 0.15) is 0 Å². The Kier molecular flexibility index (Phi) is 4.80. The fraction of sp³-hybridized carbons (Fsp3) is 0.0526. The van der Waals surface area contributed by atoms with E-state index in [4.69, 9.17) is 11.6 Å². The first-order valence-corrected chi connectivity index (χ1v) is 9.94. The lowest BCUT2D eigenvalue weighted by atomic mass is 10.1. The second-order valence-corrected chi connectivity index (χ2v) is 8.02. The minimum Gasteiger partial charge on any atom is -0.301 e. The molecule has 1 aromatic heterocycles. The average molecular weight is 403 g/mol. The SMILES string of the molecule is O=C(CSc1cccc2cccc(Cl)c12)Nc1nc2ccc(F)cc2s1. The number of fused-ring (bicyclic) bond motifs is 2. The number of rotatable bonds is 4. The molecule has 4 aromatic rings. The van der Waals surface area contributed by atoms with E-state index in [0.717, 1.165) is 15.7 Å². The summed E-state index contributed by atoms with van der Waals surface area (Å²) in [7, 11) is 0. The number of carbonyl (C=O) groups excluding carboxylic acids is 1. The highest BCUT2D eigenvalue weighted by Gasteiger charge is 2.11. The molecular weight excluding hydrogens is 391 g/mol. The fourth-order valence-corrected chi connectivity index (χ4v) is 4.79. The highest BCUT2D eigenvalue weighted by molar-refractivity contribution is 8.00. The molecule has 0 unspecified atom stereocenters. The Balaban J connectivity index is 1.48. The number of carbonyl (C=O) groups is 1. The Bertz CT molecular complexity index is 1120. The van der Waals surface area contributed by atoms with Gasteiger partial charge in [0.15, 0.2) is 5.13 Å². The Morgan fingerprint density at radius 2 is 2.00 bits per heavy atom. The van der Waals surface area contributed by atoms with Gasteiger partial charge in [-0.15, -0.1) is 11.8 Å². The van der Waals surface area contributed by atoms with Gasteiger partial charge in [-0.05, 0) is 35.7 Å². The van der Waals surface area contributed by atoms with Crippen molar-refractivity contribution in [1.82, 2.24) is 4.98 Å². The van der Waals surface area contributed by atoms with E-state index >= 15 is 0 Å². The Hall–Kier alpha value is -2.15. The zero-order chi connectivity index (χ0) is 18.1. The summed E-state index contributed by atoms with van der Waals surface area (Å²) in [6.07, 6.45) is 0. The summed E-state index contributed by atoms with van der Waals surface area (Å²) in [6.45, 7) is 0. The molecule has 0 aliphatic rings. The van der Waals surface area contributed by atoms with Crippen LogP contribution in [0.15, 0.2) is 59.5 Å². The highest BCUT2D eigenvalue weighted by Crippen LogP contribution is 2.33. The molecule has 3 nitrogen and oxygen atoms in total. The van der Waals surface area contributed by atoms with Crippen LogP contribution >= 0.6 is 34.7 Å². The number of anilines is 1. The molecule has 0 radical (unpaired) electrons. The van der Waals surface area contributed by atoms with Crippen molar-refractivity contribution < 1.29 is 9.18 Å². The third-order valence-corrected chi connectivity index (χ3v) is 6.08. The predicted molar refractivity (Wildman–Crippen MR) is 108 cm³/mol. The molecule has 1 amide bonds.